The number of benzene rings is 2. The normalized spacial score (nSPS) is 15.7. The number of para-hydroxylation sites is 1. The Morgan fingerprint density at radius 3 is 2.73 bits per heavy atom. The van der Waals surface area contributed by atoms with E-state index in [9.17, 15) is 18.0 Å². The summed E-state index contributed by atoms with van der Waals surface area (Å²) in [6, 6.07) is 12.3. The minimum absolute atomic E-state index is 0.0616. The highest BCUT2D eigenvalue weighted by Crippen LogP contribution is 2.30. The molecule has 160 valence electrons. The zero-order valence-corrected chi connectivity index (χ0v) is 17.7. The lowest BCUT2D eigenvalue weighted by molar-refractivity contribution is -0.121. The number of hydrogen-bond acceptors (Lipinski definition) is 5. The van der Waals surface area contributed by atoms with E-state index in [2.05, 4.69) is 15.4 Å². The number of hydrogen-bond donors (Lipinski definition) is 3. The number of nitrogens with one attached hydrogen (secondary N) is 3. The van der Waals surface area contributed by atoms with Gasteiger partial charge in [0.2, 0.25) is 21.8 Å². The van der Waals surface area contributed by atoms with Gasteiger partial charge in [0.05, 0.1) is 18.6 Å². The Balaban J connectivity index is 1.59. The van der Waals surface area contributed by atoms with Crippen molar-refractivity contribution in [1.29, 1.82) is 0 Å². The second-order valence-corrected chi connectivity index (χ2v) is 9.07. The molecule has 0 aromatic heterocycles. The summed E-state index contributed by atoms with van der Waals surface area (Å²) in [5, 5.41) is 5.65. The van der Waals surface area contributed by atoms with Crippen LogP contribution < -0.4 is 20.1 Å². The van der Waals surface area contributed by atoms with E-state index in [0.717, 1.165) is 11.3 Å². The van der Waals surface area contributed by atoms with Crippen LogP contribution in [0.4, 0.5) is 17.1 Å². The van der Waals surface area contributed by atoms with Gasteiger partial charge in [0, 0.05) is 29.8 Å². The van der Waals surface area contributed by atoms with E-state index in [1.807, 2.05) is 24.3 Å². The summed E-state index contributed by atoms with van der Waals surface area (Å²) in [5.41, 5.74) is 2.68. The van der Waals surface area contributed by atoms with Gasteiger partial charge in [0.1, 0.15) is 5.75 Å². The third-order valence-electron chi connectivity index (χ3n) is 4.96. The highest BCUT2D eigenvalue weighted by Gasteiger charge is 2.26. The first-order valence-electron chi connectivity index (χ1n) is 9.68. The Kier molecular flexibility index (Phi) is 6.61. The summed E-state index contributed by atoms with van der Waals surface area (Å²) >= 11 is 0. The van der Waals surface area contributed by atoms with Gasteiger partial charge < -0.3 is 15.4 Å². The lowest BCUT2D eigenvalue weighted by Gasteiger charge is -2.24. The van der Waals surface area contributed by atoms with Crippen LogP contribution in [0.2, 0.25) is 0 Å². The van der Waals surface area contributed by atoms with Crippen LogP contribution in [0.5, 0.6) is 5.75 Å². The van der Waals surface area contributed by atoms with E-state index in [4.69, 9.17) is 4.74 Å². The SMILES string of the molecule is CCS(=O)(=O)Nc1ccc(NC(=O)CCC2Cc3ccccc3NC2=O)cc1OC. The summed E-state index contributed by atoms with van der Waals surface area (Å²) < 4.78 is 31.2. The zero-order chi connectivity index (χ0) is 21.7. The first-order chi connectivity index (χ1) is 14.3. The zero-order valence-electron chi connectivity index (χ0n) is 16.9. The number of amides is 2. The van der Waals surface area contributed by atoms with Gasteiger partial charge in [-0.3, -0.25) is 14.3 Å². The van der Waals surface area contributed by atoms with Gasteiger partial charge in [0.15, 0.2) is 0 Å². The lowest BCUT2D eigenvalue weighted by atomic mass is 9.89. The molecule has 9 heteroatoms. The van der Waals surface area contributed by atoms with Crippen molar-refractivity contribution in [3.8, 4) is 5.75 Å². The molecule has 3 N–H and O–H groups in total. The molecule has 1 unspecified atom stereocenters. The smallest absolute Gasteiger partial charge is 0.232 e. The van der Waals surface area contributed by atoms with Crippen LogP contribution >= 0.6 is 0 Å². The number of sulfonamides is 1. The van der Waals surface area contributed by atoms with Crippen molar-refractivity contribution in [3.05, 3.63) is 48.0 Å². The van der Waals surface area contributed by atoms with Crippen molar-refractivity contribution in [3.63, 3.8) is 0 Å². The Labute approximate surface area is 176 Å². The fraction of sp³-hybridized carbons (Fsp3) is 0.333. The van der Waals surface area contributed by atoms with Crippen molar-refractivity contribution in [2.24, 2.45) is 5.92 Å². The molecule has 3 rings (SSSR count). The maximum Gasteiger partial charge on any atom is 0.232 e. The van der Waals surface area contributed by atoms with Crippen LogP contribution in [0, 0.1) is 5.92 Å². The van der Waals surface area contributed by atoms with E-state index < -0.39 is 10.0 Å². The number of carbonyl (C=O) groups excluding carboxylic acids is 2. The van der Waals surface area contributed by atoms with Crippen molar-refractivity contribution >= 4 is 38.9 Å². The molecule has 0 fully saturated rings. The molecule has 1 aliphatic rings. The molecule has 30 heavy (non-hydrogen) atoms. The third kappa shape index (κ3) is 5.29. The summed E-state index contributed by atoms with van der Waals surface area (Å²) in [5.74, 6) is -0.325. The van der Waals surface area contributed by atoms with Gasteiger partial charge in [-0.2, -0.15) is 0 Å². The summed E-state index contributed by atoms with van der Waals surface area (Å²) in [7, 11) is -2.02. The Bertz CT molecular complexity index is 1050. The Hall–Kier alpha value is -3.07. The lowest BCUT2D eigenvalue weighted by Crippen LogP contribution is -2.30. The third-order valence-corrected chi connectivity index (χ3v) is 6.25. The first-order valence-corrected chi connectivity index (χ1v) is 11.3. The largest absolute Gasteiger partial charge is 0.494 e. The number of ether oxygens (including phenoxy) is 1. The molecular formula is C21H25N3O5S. The molecule has 1 atom stereocenters. The average Bonchev–Trinajstić information content (AvgIpc) is 2.73. The molecule has 8 nitrogen and oxygen atoms in total. The Morgan fingerprint density at radius 1 is 1.23 bits per heavy atom. The van der Waals surface area contributed by atoms with Crippen LogP contribution in [0.1, 0.15) is 25.3 Å². The topological polar surface area (TPSA) is 114 Å². The van der Waals surface area contributed by atoms with Crippen molar-refractivity contribution in [2.45, 2.75) is 26.2 Å². The molecule has 0 bridgehead atoms. The monoisotopic (exact) mass is 431 g/mol. The van der Waals surface area contributed by atoms with E-state index in [-0.39, 0.29) is 29.9 Å². The fourth-order valence-electron chi connectivity index (χ4n) is 3.27. The number of methoxy groups -OCH3 is 1. The van der Waals surface area contributed by atoms with Crippen molar-refractivity contribution < 1.29 is 22.7 Å². The predicted molar refractivity (Wildman–Crippen MR) is 116 cm³/mol. The van der Waals surface area contributed by atoms with E-state index in [1.54, 1.807) is 12.1 Å². The molecule has 0 spiro atoms. The van der Waals surface area contributed by atoms with Gasteiger partial charge in [-0.1, -0.05) is 18.2 Å². The first kappa shape index (κ1) is 21.6. The number of anilines is 3. The maximum absolute atomic E-state index is 12.4. The van der Waals surface area contributed by atoms with E-state index >= 15 is 0 Å². The maximum atomic E-state index is 12.4. The standard InChI is InChI=1S/C21H25N3O5S/c1-3-30(27,28)24-18-10-9-16(13-19(18)29-2)22-20(25)11-8-15-12-14-6-4-5-7-17(14)23-21(15)26/h4-7,9-10,13,15,24H,3,8,11-12H2,1-2H3,(H,22,25)(H,23,26). The van der Waals surface area contributed by atoms with Crippen molar-refractivity contribution in [1.82, 2.24) is 0 Å². The number of rotatable bonds is 8. The quantitative estimate of drug-likeness (QED) is 0.595. The van der Waals surface area contributed by atoms with E-state index in [1.165, 1.54) is 20.1 Å². The fourth-order valence-corrected chi connectivity index (χ4v) is 3.92. The molecule has 1 aliphatic heterocycles. The van der Waals surface area contributed by atoms with Crippen LogP contribution in [0.3, 0.4) is 0 Å². The average molecular weight is 432 g/mol. The van der Waals surface area contributed by atoms with Crippen molar-refractivity contribution in [2.75, 3.05) is 28.2 Å². The molecule has 0 saturated heterocycles. The van der Waals surface area contributed by atoms with Crippen LogP contribution in [-0.4, -0.2) is 33.1 Å². The molecule has 0 saturated carbocycles. The van der Waals surface area contributed by atoms with Gasteiger partial charge >= 0.3 is 0 Å². The second-order valence-electron chi connectivity index (χ2n) is 7.05. The minimum atomic E-state index is -3.44. The molecule has 2 amide bonds. The van der Waals surface area contributed by atoms with Gasteiger partial charge in [-0.25, -0.2) is 8.42 Å². The summed E-state index contributed by atoms with van der Waals surface area (Å²) in [4.78, 5) is 24.6. The van der Waals surface area contributed by atoms with Gasteiger partial charge in [-0.05, 0) is 43.5 Å². The number of carbonyl (C=O) groups is 2. The van der Waals surface area contributed by atoms with E-state index in [0.29, 0.717) is 30.0 Å². The highest BCUT2D eigenvalue weighted by molar-refractivity contribution is 7.92. The molecule has 0 aliphatic carbocycles. The second kappa shape index (κ2) is 9.17. The van der Waals surface area contributed by atoms with Crippen LogP contribution in [-0.2, 0) is 26.0 Å². The Morgan fingerprint density at radius 2 is 2.00 bits per heavy atom. The molecular weight excluding hydrogens is 406 g/mol. The summed E-state index contributed by atoms with van der Waals surface area (Å²) in [6.45, 7) is 1.54. The molecule has 1 heterocycles. The van der Waals surface area contributed by atoms with Gasteiger partial charge in [-0.15, -0.1) is 0 Å². The summed E-state index contributed by atoms with van der Waals surface area (Å²) in [6.07, 6.45) is 1.22. The molecule has 2 aromatic rings. The number of fused-ring (bicyclic) bond motifs is 1. The van der Waals surface area contributed by atoms with Crippen LogP contribution in [0.25, 0.3) is 0 Å². The molecule has 0 radical (unpaired) electrons. The minimum Gasteiger partial charge on any atom is -0.494 e. The van der Waals surface area contributed by atoms with Gasteiger partial charge in [0.25, 0.3) is 0 Å². The highest BCUT2D eigenvalue weighted by atomic mass is 32.2. The van der Waals surface area contributed by atoms with Crippen LogP contribution in [0.15, 0.2) is 42.5 Å². The predicted octanol–water partition coefficient (Wildman–Crippen LogP) is 2.99. The molecule has 2 aromatic carbocycles.